The van der Waals surface area contributed by atoms with Crippen molar-refractivity contribution >= 4 is 29.1 Å². The number of rotatable bonds is 6. The van der Waals surface area contributed by atoms with Crippen LogP contribution in [0.3, 0.4) is 0 Å². The molecule has 8 nitrogen and oxygen atoms in total. The molecule has 0 amide bonds. The van der Waals surface area contributed by atoms with Crippen molar-refractivity contribution in [2.45, 2.75) is 44.7 Å². The fraction of sp³-hybridized carbons (Fsp3) is 0.444. The first-order valence-corrected chi connectivity index (χ1v) is 9.45. The normalized spacial score (nSPS) is 19.4. The Bertz CT molecular complexity index is 873. The maximum absolute atomic E-state index is 13.9. The number of nitrogen functional groups attached to an aromatic ring is 1. The molecule has 1 aromatic carbocycles. The molecule has 0 unspecified atom stereocenters. The summed E-state index contributed by atoms with van der Waals surface area (Å²) >= 11 is 5.75. The van der Waals surface area contributed by atoms with E-state index in [1.165, 1.54) is 6.07 Å². The van der Waals surface area contributed by atoms with Gasteiger partial charge in [-0.2, -0.15) is 4.98 Å². The Morgan fingerprint density at radius 1 is 1.29 bits per heavy atom. The van der Waals surface area contributed by atoms with E-state index in [4.69, 9.17) is 23.1 Å². The standard InChI is InChI=1S/C18H22ClFN6O2/c19-12-4-3-11(14(20)8-12)9-23-18-24-15(16(26(27)28)17(22)25-18)7-10-1-5-13(21)6-2-10/h3-4,8,10,13H,1-2,5-7,9,21H2,(H3,22,23,24,25)/t10-,13-. The van der Waals surface area contributed by atoms with Gasteiger partial charge in [0.05, 0.1) is 4.92 Å². The first kappa shape index (κ1) is 20.2. The smallest absolute Gasteiger partial charge is 0.332 e. The molecule has 2 aromatic rings. The van der Waals surface area contributed by atoms with E-state index >= 15 is 0 Å². The average Bonchev–Trinajstić information content (AvgIpc) is 2.62. The molecule has 1 aliphatic carbocycles. The van der Waals surface area contributed by atoms with E-state index in [0.29, 0.717) is 17.0 Å². The van der Waals surface area contributed by atoms with E-state index in [1.54, 1.807) is 12.1 Å². The van der Waals surface area contributed by atoms with Crippen LogP contribution in [0.15, 0.2) is 18.2 Å². The van der Waals surface area contributed by atoms with Gasteiger partial charge in [0, 0.05) is 23.2 Å². The summed E-state index contributed by atoms with van der Waals surface area (Å²) < 4.78 is 13.9. The SMILES string of the molecule is Nc1nc(NCc2ccc(Cl)cc2F)nc(C[C@H]2CC[C@H](N)CC2)c1[N+](=O)[O-]. The van der Waals surface area contributed by atoms with Crippen LogP contribution in [0.25, 0.3) is 0 Å². The number of aromatic nitrogens is 2. The molecule has 3 rings (SSSR count). The van der Waals surface area contributed by atoms with Crippen LogP contribution >= 0.6 is 11.6 Å². The fourth-order valence-electron chi connectivity index (χ4n) is 3.45. The molecule has 1 heterocycles. The average molecular weight is 409 g/mol. The number of nitrogens with zero attached hydrogens (tertiary/aromatic N) is 3. The highest BCUT2D eigenvalue weighted by Gasteiger charge is 2.27. The second-order valence-corrected chi connectivity index (χ2v) is 7.50. The second kappa shape index (κ2) is 8.66. The molecule has 0 saturated heterocycles. The molecular weight excluding hydrogens is 387 g/mol. The molecule has 150 valence electrons. The summed E-state index contributed by atoms with van der Waals surface area (Å²) in [5.74, 6) is -0.287. The monoisotopic (exact) mass is 408 g/mol. The van der Waals surface area contributed by atoms with Crippen molar-refractivity contribution in [2.75, 3.05) is 11.1 Å². The van der Waals surface area contributed by atoms with Crippen LogP contribution in [0.1, 0.15) is 36.9 Å². The molecule has 10 heteroatoms. The number of anilines is 2. The Hall–Kier alpha value is -2.52. The van der Waals surface area contributed by atoms with Gasteiger partial charge in [-0.05, 0) is 50.2 Å². The van der Waals surface area contributed by atoms with Crippen molar-refractivity contribution in [2.24, 2.45) is 11.7 Å². The van der Waals surface area contributed by atoms with E-state index in [-0.39, 0.29) is 41.7 Å². The summed E-state index contributed by atoms with van der Waals surface area (Å²) in [5, 5.41) is 14.6. The van der Waals surface area contributed by atoms with Crippen molar-refractivity contribution in [1.29, 1.82) is 0 Å². The summed E-state index contributed by atoms with van der Waals surface area (Å²) in [7, 11) is 0. The third-order valence-corrected chi connectivity index (χ3v) is 5.23. The lowest BCUT2D eigenvalue weighted by molar-refractivity contribution is -0.385. The maximum Gasteiger partial charge on any atom is 0.332 e. The van der Waals surface area contributed by atoms with E-state index in [9.17, 15) is 14.5 Å². The zero-order valence-corrected chi connectivity index (χ0v) is 16.0. The molecule has 28 heavy (non-hydrogen) atoms. The van der Waals surface area contributed by atoms with Gasteiger partial charge < -0.3 is 16.8 Å². The quantitative estimate of drug-likeness (QED) is 0.492. The lowest BCUT2D eigenvalue weighted by Crippen LogP contribution is -2.27. The fourth-order valence-corrected chi connectivity index (χ4v) is 3.60. The van der Waals surface area contributed by atoms with Gasteiger partial charge in [0.15, 0.2) is 0 Å². The van der Waals surface area contributed by atoms with Gasteiger partial charge in [0.1, 0.15) is 11.5 Å². The number of nitrogens with one attached hydrogen (secondary N) is 1. The molecule has 0 aliphatic heterocycles. The molecule has 0 bridgehead atoms. The zero-order valence-electron chi connectivity index (χ0n) is 15.2. The highest BCUT2D eigenvalue weighted by atomic mass is 35.5. The highest BCUT2D eigenvalue weighted by molar-refractivity contribution is 6.30. The molecule has 1 fully saturated rings. The minimum atomic E-state index is -0.554. The molecule has 0 spiro atoms. The minimum absolute atomic E-state index is 0.0952. The third kappa shape index (κ3) is 4.85. The molecule has 0 atom stereocenters. The lowest BCUT2D eigenvalue weighted by atomic mass is 9.83. The Balaban J connectivity index is 1.80. The third-order valence-electron chi connectivity index (χ3n) is 4.99. The van der Waals surface area contributed by atoms with Gasteiger partial charge in [0.25, 0.3) is 0 Å². The Kier molecular flexibility index (Phi) is 6.25. The largest absolute Gasteiger partial charge is 0.378 e. The molecule has 0 radical (unpaired) electrons. The first-order chi connectivity index (χ1) is 13.3. The van der Waals surface area contributed by atoms with Gasteiger partial charge >= 0.3 is 5.69 Å². The molecule has 1 aromatic heterocycles. The number of nitrogens with two attached hydrogens (primary N) is 2. The Morgan fingerprint density at radius 3 is 2.64 bits per heavy atom. The Labute approximate surface area is 166 Å². The van der Waals surface area contributed by atoms with Crippen LogP contribution in [0, 0.1) is 21.8 Å². The number of benzene rings is 1. The van der Waals surface area contributed by atoms with Gasteiger partial charge in [-0.1, -0.05) is 17.7 Å². The highest BCUT2D eigenvalue weighted by Crippen LogP contribution is 2.32. The number of hydrogen-bond acceptors (Lipinski definition) is 7. The molecule has 1 aliphatic rings. The van der Waals surface area contributed by atoms with E-state index in [1.807, 2.05) is 0 Å². The van der Waals surface area contributed by atoms with Gasteiger partial charge in [0.2, 0.25) is 11.8 Å². The second-order valence-electron chi connectivity index (χ2n) is 7.06. The number of hydrogen-bond donors (Lipinski definition) is 3. The summed E-state index contributed by atoms with van der Waals surface area (Å²) in [6.45, 7) is 0.0952. The van der Waals surface area contributed by atoms with Crippen molar-refractivity contribution in [3.05, 3.63) is 50.4 Å². The predicted molar refractivity (Wildman–Crippen MR) is 105 cm³/mol. The summed E-state index contributed by atoms with van der Waals surface area (Å²) in [6, 6.07) is 4.52. The van der Waals surface area contributed by atoms with E-state index in [2.05, 4.69) is 15.3 Å². The predicted octanol–water partition coefficient (Wildman–Crippen LogP) is 3.43. The van der Waals surface area contributed by atoms with E-state index in [0.717, 1.165) is 25.7 Å². The summed E-state index contributed by atoms with van der Waals surface area (Å²) in [5.41, 5.74) is 12.1. The van der Waals surface area contributed by atoms with Gasteiger partial charge in [-0.3, -0.25) is 10.1 Å². The van der Waals surface area contributed by atoms with Gasteiger partial charge in [-0.15, -0.1) is 0 Å². The van der Waals surface area contributed by atoms with Crippen molar-refractivity contribution < 1.29 is 9.31 Å². The topological polar surface area (TPSA) is 133 Å². The summed E-state index contributed by atoms with van der Waals surface area (Å²) in [6.07, 6.45) is 3.99. The van der Waals surface area contributed by atoms with Crippen molar-refractivity contribution in [3.8, 4) is 0 Å². The van der Waals surface area contributed by atoms with Crippen LogP contribution in [0.2, 0.25) is 5.02 Å². The van der Waals surface area contributed by atoms with Crippen LogP contribution in [-0.4, -0.2) is 20.9 Å². The van der Waals surface area contributed by atoms with Gasteiger partial charge in [-0.25, -0.2) is 9.37 Å². The van der Waals surface area contributed by atoms with Crippen LogP contribution < -0.4 is 16.8 Å². The van der Waals surface area contributed by atoms with Crippen LogP contribution in [0.4, 0.5) is 21.8 Å². The van der Waals surface area contributed by atoms with Crippen molar-refractivity contribution in [3.63, 3.8) is 0 Å². The lowest BCUT2D eigenvalue weighted by Gasteiger charge is -2.25. The number of halogens is 2. The summed E-state index contributed by atoms with van der Waals surface area (Å²) in [4.78, 5) is 19.2. The van der Waals surface area contributed by atoms with Crippen LogP contribution in [0.5, 0.6) is 0 Å². The van der Waals surface area contributed by atoms with Crippen molar-refractivity contribution in [1.82, 2.24) is 9.97 Å². The molecule has 5 N–H and O–H groups in total. The Morgan fingerprint density at radius 2 is 2.00 bits per heavy atom. The van der Waals surface area contributed by atoms with Crippen LogP contribution in [-0.2, 0) is 13.0 Å². The maximum atomic E-state index is 13.9. The molecule has 1 saturated carbocycles. The zero-order chi connectivity index (χ0) is 20.3. The molecular formula is C18H22ClFN6O2. The number of nitro groups is 1. The minimum Gasteiger partial charge on any atom is -0.378 e. The first-order valence-electron chi connectivity index (χ1n) is 9.07. The van der Waals surface area contributed by atoms with E-state index < -0.39 is 10.7 Å².